The molecule has 1 amide bonds. The number of hydrogen-bond acceptors (Lipinski definition) is 6. The van der Waals surface area contributed by atoms with Crippen LogP contribution in [0.25, 0.3) is 0 Å². The van der Waals surface area contributed by atoms with Crippen LogP contribution in [0.5, 0.6) is 17.2 Å². The molecule has 0 aliphatic heterocycles. The van der Waals surface area contributed by atoms with Gasteiger partial charge in [-0.3, -0.25) is 4.79 Å². The minimum atomic E-state index is -0.554. The Labute approximate surface area is 177 Å². The number of carbonyl (C=O) groups is 2. The Hall–Kier alpha value is -3.84. The quantitative estimate of drug-likeness (QED) is 0.269. The minimum absolute atomic E-state index is 0.108. The van der Waals surface area contributed by atoms with E-state index in [9.17, 15) is 14.7 Å². The highest BCUT2D eigenvalue weighted by atomic mass is 35.5. The fraction of sp³-hybridized carbons (Fsp3) is 0.0455. The number of aromatic hydroxyl groups is 1. The second-order valence-electron chi connectivity index (χ2n) is 6.02. The van der Waals surface area contributed by atoms with Gasteiger partial charge in [0.05, 0.1) is 24.5 Å². The van der Waals surface area contributed by atoms with E-state index < -0.39 is 11.9 Å². The van der Waals surface area contributed by atoms with E-state index in [1.807, 2.05) is 0 Å². The summed E-state index contributed by atoms with van der Waals surface area (Å²) >= 11 is 5.82. The van der Waals surface area contributed by atoms with Gasteiger partial charge in [0.1, 0.15) is 5.75 Å². The number of amides is 1. The Morgan fingerprint density at radius 1 is 1.03 bits per heavy atom. The van der Waals surface area contributed by atoms with Gasteiger partial charge in [0, 0.05) is 5.02 Å². The normalized spacial score (nSPS) is 10.6. The number of benzene rings is 3. The third-order valence-corrected chi connectivity index (χ3v) is 4.25. The number of carbonyl (C=O) groups excluding carboxylic acids is 2. The first-order valence-electron chi connectivity index (χ1n) is 8.75. The number of methoxy groups -OCH3 is 1. The molecule has 7 nitrogen and oxygen atoms in total. The molecule has 3 aromatic carbocycles. The molecule has 0 fully saturated rings. The van der Waals surface area contributed by atoms with E-state index >= 15 is 0 Å². The van der Waals surface area contributed by atoms with Crippen LogP contribution in [0.4, 0.5) is 0 Å². The van der Waals surface area contributed by atoms with E-state index in [2.05, 4.69) is 10.5 Å². The maximum Gasteiger partial charge on any atom is 0.343 e. The number of nitrogens with one attached hydrogen (secondary N) is 1. The maximum atomic E-state index is 12.3. The summed E-state index contributed by atoms with van der Waals surface area (Å²) in [5.41, 5.74) is 3.38. The van der Waals surface area contributed by atoms with Gasteiger partial charge in [0.15, 0.2) is 11.5 Å². The molecule has 0 radical (unpaired) electrons. The van der Waals surface area contributed by atoms with E-state index in [4.69, 9.17) is 21.1 Å². The largest absolute Gasteiger partial charge is 0.507 e. The van der Waals surface area contributed by atoms with Gasteiger partial charge in [-0.2, -0.15) is 5.10 Å². The van der Waals surface area contributed by atoms with E-state index in [1.54, 1.807) is 54.6 Å². The summed E-state index contributed by atoms with van der Waals surface area (Å²) in [6, 6.07) is 17.2. The van der Waals surface area contributed by atoms with Crippen molar-refractivity contribution < 1.29 is 24.2 Å². The Morgan fingerprint density at radius 3 is 2.47 bits per heavy atom. The lowest BCUT2D eigenvalue weighted by Crippen LogP contribution is -2.17. The number of esters is 1. The van der Waals surface area contributed by atoms with Crippen molar-refractivity contribution in [2.75, 3.05) is 7.11 Å². The summed E-state index contributed by atoms with van der Waals surface area (Å²) < 4.78 is 10.7. The zero-order chi connectivity index (χ0) is 21.5. The summed E-state index contributed by atoms with van der Waals surface area (Å²) in [7, 11) is 1.44. The van der Waals surface area contributed by atoms with Crippen molar-refractivity contribution in [3.63, 3.8) is 0 Å². The molecule has 0 bridgehead atoms. The number of nitrogens with zero attached hydrogens (tertiary/aromatic N) is 1. The van der Waals surface area contributed by atoms with Crippen molar-refractivity contribution in [2.24, 2.45) is 5.10 Å². The summed E-state index contributed by atoms with van der Waals surface area (Å²) in [5, 5.41) is 14.1. The van der Waals surface area contributed by atoms with Crippen LogP contribution in [-0.2, 0) is 0 Å². The molecule has 0 spiro atoms. The van der Waals surface area contributed by atoms with Gasteiger partial charge in [-0.15, -0.1) is 0 Å². The lowest BCUT2D eigenvalue weighted by molar-refractivity contribution is 0.0729. The predicted octanol–water partition coefficient (Wildman–Crippen LogP) is 4.04. The molecular weight excluding hydrogens is 408 g/mol. The molecule has 3 aromatic rings. The Bertz CT molecular complexity index is 1100. The van der Waals surface area contributed by atoms with Crippen molar-refractivity contribution >= 4 is 29.7 Å². The van der Waals surface area contributed by atoms with Crippen LogP contribution in [-0.4, -0.2) is 30.3 Å². The number of hydrazone groups is 1. The van der Waals surface area contributed by atoms with Crippen molar-refractivity contribution in [1.82, 2.24) is 5.43 Å². The Balaban J connectivity index is 1.68. The summed E-state index contributed by atoms with van der Waals surface area (Å²) in [6.45, 7) is 0. The number of halogens is 1. The zero-order valence-corrected chi connectivity index (χ0v) is 16.6. The fourth-order valence-corrected chi connectivity index (χ4v) is 2.61. The SMILES string of the molecule is COc1cc(/C=N/NC(=O)c2ccccc2O)ccc1OC(=O)c1ccc(Cl)cc1. The highest BCUT2D eigenvalue weighted by Crippen LogP contribution is 2.28. The molecule has 0 aliphatic carbocycles. The molecule has 0 saturated carbocycles. The van der Waals surface area contributed by atoms with Gasteiger partial charge in [-0.1, -0.05) is 23.7 Å². The topological polar surface area (TPSA) is 97.2 Å². The van der Waals surface area contributed by atoms with Crippen LogP contribution in [0.15, 0.2) is 71.8 Å². The fourth-order valence-electron chi connectivity index (χ4n) is 2.48. The van der Waals surface area contributed by atoms with Gasteiger partial charge in [-0.25, -0.2) is 10.2 Å². The number of ether oxygens (including phenoxy) is 2. The maximum absolute atomic E-state index is 12.3. The molecule has 0 saturated heterocycles. The monoisotopic (exact) mass is 424 g/mol. The lowest BCUT2D eigenvalue weighted by Gasteiger charge is -2.10. The number of phenols is 1. The average Bonchev–Trinajstić information content (AvgIpc) is 2.75. The molecule has 30 heavy (non-hydrogen) atoms. The van der Waals surface area contributed by atoms with E-state index in [1.165, 1.54) is 25.5 Å². The smallest absolute Gasteiger partial charge is 0.343 e. The standard InChI is InChI=1S/C22H17ClN2O5/c1-29-20-12-14(13-24-25-21(27)17-4-2-3-5-18(17)26)6-11-19(20)30-22(28)15-7-9-16(23)10-8-15/h2-13,26H,1H3,(H,25,27)/b24-13+. The first kappa shape index (κ1) is 20.9. The van der Waals surface area contributed by atoms with Crippen molar-refractivity contribution in [3.05, 3.63) is 88.4 Å². The van der Waals surface area contributed by atoms with Crippen LogP contribution in [0.3, 0.4) is 0 Å². The molecule has 0 aromatic heterocycles. The van der Waals surface area contributed by atoms with Gasteiger partial charge in [-0.05, 0) is 60.2 Å². The van der Waals surface area contributed by atoms with Gasteiger partial charge in [0.2, 0.25) is 0 Å². The van der Waals surface area contributed by atoms with Gasteiger partial charge < -0.3 is 14.6 Å². The second-order valence-corrected chi connectivity index (χ2v) is 6.46. The van der Waals surface area contributed by atoms with Crippen molar-refractivity contribution in [3.8, 4) is 17.2 Å². The molecule has 0 aliphatic rings. The predicted molar refractivity (Wildman–Crippen MR) is 113 cm³/mol. The van der Waals surface area contributed by atoms with Gasteiger partial charge >= 0.3 is 5.97 Å². The third kappa shape index (κ3) is 5.15. The first-order valence-corrected chi connectivity index (χ1v) is 9.13. The molecule has 2 N–H and O–H groups in total. The molecule has 0 atom stereocenters. The Kier molecular flexibility index (Phi) is 6.67. The molecule has 0 heterocycles. The molecular formula is C22H17ClN2O5. The molecule has 152 valence electrons. The zero-order valence-electron chi connectivity index (χ0n) is 15.8. The highest BCUT2D eigenvalue weighted by molar-refractivity contribution is 6.30. The van der Waals surface area contributed by atoms with E-state index in [-0.39, 0.29) is 17.1 Å². The number of hydrogen-bond donors (Lipinski definition) is 2. The molecule has 3 rings (SSSR count). The third-order valence-electron chi connectivity index (χ3n) is 4.00. The van der Waals surface area contributed by atoms with Crippen LogP contribution < -0.4 is 14.9 Å². The summed E-state index contributed by atoms with van der Waals surface area (Å²) in [6.07, 6.45) is 1.39. The van der Waals surface area contributed by atoms with Crippen molar-refractivity contribution in [2.45, 2.75) is 0 Å². The van der Waals surface area contributed by atoms with Crippen LogP contribution in [0.2, 0.25) is 5.02 Å². The van der Waals surface area contributed by atoms with E-state index in [0.717, 1.165) is 0 Å². The Morgan fingerprint density at radius 2 is 1.77 bits per heavy atom. The average molecular weight is 425 g/mol. The molecule has 8 heteroatoms. The number of rotatable bonds is 6. The van der Waals surface area contributed by atoms with Crippen molar-refractivity contribution in [1.29, 1.82) is 0 Å². The van der Waals surface area contributed by atoms with Gasteiger partial charge in [0.25, 0.3) is 5.91 Å². The highest BCUT2D eigenvalue weighted by Gasteiger charge is 2.13. The first-order chi connectivity index (χ1) is 14.5. The minimum Gasteiger partial charge on any atom is -0.507 e. The second kappa shape index (κ2) is 9.58. The van der Waals surface area contributed by atoms with Crippen LogP contribution in [0.1, 0.15) is 26.3 Å². The molecule has 0 unspecified atom stereocenters. The van der Waals surface area contributed by atoms with E-state index in [0.29, 0.717) is 21.9 Å². The lowest BCUT2D eigenvalue weighted by atomic mass is 10.2. The van der Waals surface area contributed by atoms with Crippen LogP contribution in [0, 0.1) is 0 Å². The number of phenolic OH excluding ortho intramolecular Hbond substituents is 1. The van der Waals surface area contributed by atoms with Crippen LogP contribution >= 0.6 is 11.6 Å². The summed E-state index contributed by atoms with van der Waals surface area (Å²) in [4.78, 5) is 24.3. The summed E-state index contributed by atoms with van der Waals surface area (Å²) in [5.74, 6) is -0.703. The number of para-hydroxylation sites is 1.